The van der Waals surface area contributed by atoms with Gasteiger partial charge in [-0.05, 0) is 29.2 Å². The zero-order chi connectivity index (χ0) is 17.3. The second-order valence-corrected chi connectivity index (χ2v) is 5.95. The molecule has 1 aliphatic heterocycles. The number of primary amides is 1. The van der Waals surface area contributed by atoms with Crippen LogP contribution in [0.15, 0.2) is 48.5 Å². The van der Waals surface area contributed by atoms with Crippen LogP contribution in [0.2, 0.25) is 0 Å². The van der Waals surface area contributed by atoms with Crippen molar-refractivity contribution < 1.29 is 18.0 Å². The molecule has 24 heavy (non-hydrogen) atoms. The van der Waals surface area contributed by atoms with E-state index in [1.165, 1.54) is 12.1 Å². The van der Waals surface area contributed by atoms with Gasteiger partial charge < -0.3 is 5.73 Å². The van der Waals surface area contributed by atoms with Crippen LogP contribution in [-0.4, -0.2) is 16.8 Å². The van der Waals surface area contributed by atoms with Gasteiger partial charge in [-0.1, -0.05) is 42.5 Å². The van der Waals surface area contributed by atoms with Gasteiger partial charge in [-0.2, -0.15) is 13.2 Å². The smallest absolute Gasteiger partial charge is 0.368 e. The number of fused-ring (bicyclic) bond motifs is 1. The molecule has 6 heteroatoms. The third kappa shape index (κ3) is 3.28. The molecule has 0 aromatic heterocycles. The van der Waals surface area contributed by atoms with Gasteiger partial charge in [-0.15, -0.1) is 0 Å². The number of carbonyl (C=O) groups excluding carboxylic acids is 1. The SMILES string of the molecule is NC(=O)[C@H]1Cc2ccccc2CN1Cc1ccccc1C(F)(F)F. The summed E-state index contributed by atoms with van der Waals surface area (Å²) >= 11 is 0. The molecule has 3 nitrogen and oxygen atoms in total. The molecule has 0 saturated heterocycles. The predicted molar refractivity (Wildman–Crippen MR) is 83.8 cm³/mol. The molecule has 3 rings (SSSR count). The Labute approximate surface area is 137 Å². The van der Waals surface area contributed by atoms with Crippen LogP contribution in [0.5, 0.6) is 0 Å². The fraction of sp³-hybridized carbons (Fsp3) is 0.278. The van der Waals surface area contributed by atoms with E-state index in [1.54, 1.807) is 11.0 Å². The summed E-state index contributed by atoms with van der Waals surface area (Å²) in [5, 5.41) is 0. The molecular formula is C18H17F3N2O. The second kappa shape index (κ2) is 6.28. The second-order valence-electron chi connectivity index (χ2n) is 5.95. The van der Waals surface area contributed by atoms with E-state index in [9.17, 15) is 18.0 Å². The maximum absolute atomic E-state index is 13.2. The molecule has 1 aliphatic rings. The molecule has 0 unspecified atom stereocenters. The fourth-order valence-corrected chi connectivity index (χ4v) is 3.18. The summed E-state index contributed by atoms with van der Waals surface area (Å²) in [7, 11) is 0. The Kier molecular flexibility index (Phi) is 4.32. The minimum absolute atomic E-state index is 0.0254. The Morgan fingerprint density at radius 2 is 1.71 bits per heavy atom. The summed E-state index contributed by atoms with van der Waals surface area (Å²) in [5.74, 6) is -0.519. The summed E-state index contributed by atoms with van der Waals surface area (Å²) in [6.45, 7) is 0.424. The molecule has 2 N–H and O–H groups in total. The summed E-state index contributed by atoms with van der Waals surface area (Å²) in [6, 6.07) is 12.4. The number of carbonyl (C=O) groups is 1. The monoisotopic (exact) mass is 334 g/mol. The van der Waals surface area contributed by atoms with E-state index in [-0.39, 0.29) is 12.1 Å². The fourth-order valence-electron chi connectivity index (χ4n) is 3.18. The number of alkyl halides is 3. The minimum Gasteiger partial charge on any atom is -0.368 e. The van der Waals surface area contributed by atoms with Crippen molar-refractivity contribution in [2.45, 2.75) is 31.7 Å². The summed E-state index contributed by atoms with van der Waals surface area (Å²) in [5.41, 5.74) is 6.99. The van der Waals surface area contributed by atoms with Gasteiger partial charge >= 0.3 is 6.18 Å². The van der Waals surface area contributed by atoms with Crippen LogP contribution in [0.25, 0.3) is 0 Å². The van der Waals surface area contributed by atoms with E-state index in [2.05, 4.69) is 0 Å². The summed E-state index contributed by atoms with van der Waals surface area (Å²) in [6.07, 6.45) is -4.01. The lowest BCUT2D eigenvalue weighted by Gasteiger charge is -2.35. The Hall–Kier alpha value is -2.34. The zero-order valence-electron chi connectivity index (χ0n) is 12.9. The molecule has 0 aliphatic carbocycles. The summed E-state index contributed by atoms with van der Waals surface area (Å²) < 4.78 is 39.6. The molecule has 0 spiro atoms. The Morgan fingerprint density at radius 3 is 2.38 bits per heavy atom. The van der Waals surface area contributed by atoms with Crippen LogP contribution in [0.3, 0.4) is 0 Å². The zero-order valence-corrected chi connectivity index (χ0v) is 12.9. The molecular weight excluding hydrogens is 317 g/mol. The Bertz CT molecular complexity index is 758. The molecule has 1 atom stereocenters. The molecule has 0 radical (unpaired) electrons. The lowest BCUT2D eigenvalue weighted by atomic mass is 9.92. The first-order valence-corrected chi connectivity index (χ1v) is 7.61. The highest BCUT2D eigenvalue weighted by atomic mass is 19.4. The van der Waals surface area contributed by atoms with Crippen LogP contribution in [0.1, 0.15) is 22.3 Å². The number of hydrogen-bond acceptors (Lipinski definition) is 2. The van der Waals surface area contributed by atoms with Crippen molar-refractivity contribution in [3.8, 4) is 0 Å². The standard InChI is InChI=1S/C18H17F3N2O/c19-18(20,21)15-8-4-3-7-14(15)11-23-10-13-6-2-1-5-12(13)9-16(23)17(22)24/h1-8,16H,9-11H2,(H2,22,24)/t16-/m1/s1. The van der Waals surface area contributed by atoms with E-state index in [4.69, 9.17) is 5.73 Å². The van der Waals surface area contributed by atoms with Gasteiger partial charge in [0.05, 0.1) is 11.6 Å². The molecule has 0 fully saturated rings. The van der Waals surface area contributed by atoms with Crippen molar-refractivity contribution in [2.24, 2.45) is 5.73 Å². The average Bonchev–Trinajstić information content (AvgIpc) is 2.53. The highest BCUT2D eigenvalue weighted by Crippen LogP contribution is 2.33. The van der Waals surface area contributed by atoms with Crippen molar-refractivity contribution in [3.05, 3.63) is 70.8 Å². The molecule has 126 valence electrons. The van der Waals surface area contributed by atoms with Gasteiger partial charge in [0.15, 0.2) is 0 Å². The van der Waals surface area contributed by atoms with Gasteiger partial charge in [0.25, 0.3) is 0 Å². The topological polar surface area (TPSA) is 46.3 Å². The quantitative estimate of drug-likeness (QED) is 0.937. The maximum Gasteiger partial charge on any atom is 0.416 e. The van der Waals surface area contributed by atoms with Crippen molar-refractivity contribution in [2.75, 3.05) is 0 Å². The predicted octanol–water partition coefficient (Wildman–Crippen LogP) is 3.12. The van der Waals surface area contributed by atoms with Crippen molar-refractivity contribution in [3.63, 3.8) is 0 Å². The number of nitrogens with zero attached hydrogens (tertiary/aromatic N) is 1. The molecule has 1 amide bonds. The van der Waals surface area contributed by atoms with E-state index in [0.717, 1.165) is 17.2 Å². The number of amides is 1. The van der Waals surface area contributed by atoms with E-state index < -0.39 is 23.7 Å². The first-order chi connectivity index (χ1) is 11.4. The van der Waals surface area contributed by atoms with Crippen LogP contribution < -0.4 is 5.73 Å². The first-order valence-electron chi connectivity index (χ1n) is 7.61. The number of nitrogens with two attached hydrogens (primary N) is 1. The third-order valence-corrected chi connectivity index (χ3v) is 4.37. The number of hydrogen-bond donors (Lipinski definition) is 1. The van der Waals surface area contributed by atoms with Gasteiger partial charge in [-0.3, -0.25) is 9.69 Å². The average molecular weight is 334 g/mol. The first kappa shape index (κ1) is 16.5. The minimum atomic E-state index is -4.42. The lowest BCUT2D eigenvalue weighted by molar-refractivity contribution is -0.138. The maximum atomic E-state index is 13.2. The normalized spacial score (nSPS) is 18.2. The number of benzene rings is 2. The van der Waals surface area contributed by atoms with Gasteiger partial charge in [0.2, 0.25) is 5.91 Å². The highest BCUT2D eigenvalue weighted by molar-refractivity contribution is 5.80. The van der Waals surface area contributed by atoms with Crippen LogP contribution in [0, 0.1) is 0 Å². The highest BCUT2D eigenvalue weighted by Gasteiger charge is 2.35. The van der Waals surface area contributed by atoms with Crippen LogP contribution in [-0.2, 0) is 30.5 Å². The van der Waals surface area contributed by atoms with Crippen molar-refractivity contribution in [1.82, 2.24) is 4.90 Å². The van der Waals surface area contributed by atoms with Gasteiger partial charge in [-0.25, -0.2) is 0 Å². The molecule has 1 heterocycles. The van der Waals surface area contributed by atoms with Gasteiger partial charge in [0, 0.05) is 13.1 Å². The van der Waals surface area contributed by atoms with E-state index >= 15 is 0 Å². The molecule has 0 saturated carbocycles. The molecule has 2 aromatic carbocycles. The summed E-state index contributed by atoms with van der Waals surface area (Å²) in [4.78, 5) is 13.5. The lowest BCUT2D eigenvalue weighted by Crippen LogP contribution is -2.48. The largest absolute Gasteiger partial charge is 0.416 e. The van der Waals surface area contributed by atoms with Gasteiger partial charge in [0.1, 0.15) is 0 Å². The Balaban J connectivity index is 1.93. The van der Waals surface area contributed by atoms with E-state index in [1.807, 2.05) is 24.3 Å². The van der Waals surface area contributed by atoms with Crippen LogP contribution >= 0.6 is 0 Å². The molecule has 0 bridgehead atoms. The van der Waals surface area contributed by atoms with Crippen LogP contribution in [0.4, 0.5) is 13.2 Å². The number of rotatable bonds is 3. The number of halogens is 3. The molecule has 2 aromatic rings. The van der Waals surface area contributed by atoms with Crippen molar-refractivity contribution in [1.29, 1.82) is 0 Å². The van der Waals surface area contributed by atoms with Crippen molar-refractivity contribution >= 4 is 5.91 Å². The third-order valence-electron chi connectivity index (χ3n) is 4.37. The Morgan fingerprint density at radius 1 is 1.08 bits per heavy atom. The van der Waals surface area contributed by atoms with E-state index in [0.29, 0.717) is 13.0 Å².